The fraction of sp³-hybridized carbons (Fsp3) is 0.550. The predicted molar refractivity (Wildman–Crippen MR) is 102 cm³/mol. The molecule has 0 N–H and O–H groups in total. The zero-order valence-electron chi connectivity index (χ0n) is 14.9. The van der Waals surface area contributed by atoms with E-state index in [0.29, 0.717) is 5.91 Å². The maximum Gasteiger partial charge on any atom is 0.239 e. The van der Waals surface area contributed by atoms with Gasteiger partial charge in [-0.15, -0.1) is 12.4 Å². The molecular weight excluding hydrogens is 339 g/mol. The van der Waals surface area contributed by atoms with Crippen LogP contribution >= 0.6 is 12.4 Å². The maximum atomic E-state index is 13.0. The van der Waals surface area contributed by atoms with Gasteiger partial charge in [-0.05, 0) is 56.5 Å². The highest BCUT2D eigenvalue weighted by Gasteiger charge is 2.31. The van der Waals surface area contributed by atoms with E-state index < -0.39 is 0 Å². The summed E-state index contributed by atoms with van der Waals surface area (Å²) in [6, 6.07) is 6.69. The Labute approximate surface area is 156 Å². The van der Waals surface area contributed by atoms with Crippen LogP contribution in [-0.2, 0) is 4.79 Å². The molecule has 0 spiro atoms. The number of hydrogen-bond acceptors (Lipinski definition) is 2. The van der Waals surface area contributed by atoms with Crippen LogP contribution in [0.3, 0.4) is 0 Å². The summed E-state index contributed by atoms with van der Waals surface area (Å²) in [7, 11) is 0. The second kappa shape index (κ2) is 9.35. The number of nitrogens with zero attached hydrogens (tertiary/aromatic N) is 2. The van der Waals surface area contributed by atoms with Gasteiger partial charge in [0, 0.05) is 13.1 Å². The Morgan fingerprint density at radius 1 is 1.16 bits per heavy atom. The Morgan fingerprint density at radius 2 is 1.84 bits per heavy atom. The number of rotatable bonds is 3. The highest BCUT2D eigenvalue weighted by molar-refractivity contribution is 5.85. The van der Waals surface area contributed by atoms with E-state index >= 15 is 0 Å². The van der Waals surface area contributed by atoms with Crippen LogP contribution in [0.15, 0.2) is 29.8 Å². The molecule has 0 unspecified atom stereocenters. The molecule has 25 heavy (non-hydrogen) atoms. The highest BCUT2D eigenvalue weighted by Crippen LogP contribution is 2.23. The summed E-state index contributed by atoms with van der Waals surface area (Å²) in [5.41, 5.74) is 2.39. The first kappa shape index (κ1) is 19.9. The van der Waals surface area contributed by atoms with E-state index in [1.807, 2.05) is 4.90 Å². The number of hydrogen-bond donors (Lipinski definition) is 0. The largest absolute Gasteiger partial charge is 0.341 e. The zero-order valence-corrected chi connectivity index (χ0v) is 15.7. The lowest BCUT2D eigenvalue weighted by Crippen LogP contribution is -2.52. The summed E-state index contributed by atoms with van der Waals surface area (Å²) >= 11 is 0. The number of amides is 1. The van der Waals surface area contributed by atoms with E-state index in [9.17, 15) is 9.18 Å². The van der Waals surface area contributed by atoms with Gasteiger partial charge in [0.15, 0.2) is 0 Å². The Hall–Kier alpha value is -1.39. The highest BCUT2D eigenvalue weighted by atomic mass is 35.5. The van der Waals surface area contributed by atoms with Gasteiger partial charge < -0.3 is 4.90 Å². The van der Waals surface area contributed by atoms with Gasteiger partial charge in [0.1, 0.15) is 5.82 Å². The van der Waals surface area contributed by atoms with Gasteiger partial charge in [-0.3, -0.25) is 9.69 Å². The number of benzene rings is 1. The molecule has 0 saturated carbocycles. The van der Waals surface area contributed by atoms with Crippen LogP contribution in [0.2, 0.25) is 0 Å². The van der Waals surface area contributed by atoms with Crippen molar-refractivity contribution < 1.29 is 9.18 Å². The van der Waals surface area contributed by atoms with E-state index in [-0.39, 0.29) is 24.3 Å². The molecule has 0 aliphatic carbocycles. The van der Waals surface area contributed by atoms with Crippen molar-refractivity contribution in [3.8, 4) is 0 Å². The minimum Gasteiger partial charge on any atom is -0.341 e. The molecule has 3 nitrogen and oxygen atoms in total. The van der Waals surface area contributed by atoms with Crippen molar-refractivity contribution in [1.29, 1.82) is 0 Å². The second-order valence-corrected chi connectivity index (χ2v) is 6.82. The van der Waals surface area contributed by atoms with E-state index in [4.69, 9.17) is 0 Å². The van der Waals surface area contributed by atoms with Crippen molar-refractivity contribution >= 4 is 24.4 Å². The van der Waals surface area contributed by atoms with Gasteiger partial charge >= 0.3 is 0 Å². The molecule has 1 aromatic rings. The molecule has 5 heteroatoms. The molecule has 1 atom stereocenters. The van der Waals surface area contributed by atoms with Crippen molar-refractivity contribution in [2.24, 2.45) is 0 Å². The van der Waals surface area contributed by atoms with E-state index in [1.54, 1.807) is 12.1 Å². The number of carbonyl (C=O) groups is 1. The van der Waals surface area contributed by atoms with E-state index in [0.717, 1.165) is 57.4 Å². The Bertz CT molecular complexity index is 592. The van der Waals surface area contributed by atoms with E-state index in [1.165, 1.54) is 24.1 Å². The van der Waals surface area contributed by atoms with Crippen molar-refractivity contribution in [1.82, 2.24) is 9.80 Å². The van der Waals surface area contributed by atoms with Crippen LogP contribution in [0.5, 0.6) is 0 Å². The molecule has 3 rings (SSSR count). The molecule has 2 heterocycles. The first-order valence-electron chi connectivity index (χ1n) is 9.15. The van der Waals surface area contributed by atoms with Gasteiger partial charge in [0.05, 0.1) is 6.04 Å². The third-order valence-corrected chi connectivity index (χ3v) is 5.26. The maximum absolute atomic E-state index is 13.0. The van der Waals surface area contributed by atoms with Gasteiger partial charge in [-0.25, -0.2) is 4.39 Å². The smallest absolute Gasteiger partial charge is 0.239 e. The monoisotopic (exact) mass is 366 g/mol. The number of carbonyl (C=O) groups excluding carboxylic acids is 1. The van der Waals surface area contributed by atoms with Gasteiger partial charge in [-0.2, -0.15) is 0 Å². The van der Waals surface area contributed by atoms with Crippen LogP contribution in [0.4, 0.5) is 4.39 Å². The van der Waals surface area contributed by atoms with Crippen LogP contribution in [0, 0.1) is 5.82 Å². The molecule has 2 saturated heterocycles. The molecule has 1 aromatic carbocycles. The third kappa shape index (κ3) is 5.05. The van der Waals surface area contributed by atoms with Gasteiger partial charge in [-0.1, -0.05) is 37.1 Å². The summed E-state index contributed by atoms with van der Waals surface area (Å²) in [6.45, 7) is 5.77. The quantitative estimate of drug-likeness (QED) is 0.803. The average molecular weight is 367 g/mol. The van der Waals surface area contributed by atoms with Crippen molar-refractivity contribution in [3.05, 3.63) is 41.2 Å². The van der Waals surface area contributed by atoms with Crippen LogP contribution in [-0.4, -0.2) is 47.9 Å². The third-order valence-electron chi connectivity index (χ3n) is 5.26. The molecule has 2 fully saturated rings. The van der Waals surface area contributed by atoms with Crippen LogP contribution in [0.25, 0.3) is 6.08 Å². The lowest BCUT2D eigenvalue weighted by Gasteiger charge is -2.38. The first-order chi connectivity index (χ1) is 11.7. The van der Waals surface area contributed by atoms with Crippen molar-refractivity contribution in [2.75, 3.05) is 26.2 Å². The molecule has 2 aliphatic rings. The zero-order chi connectivity index (χ0) is 16.9. The van der Waals surface area contributed by atoms with E-state index in [2.05, 4.69) is 17.9 Å². The second-order valence-electron chi connectivity index (χ2n) is 6.82. The standard InChI is InChI=1S/C20H27FN2O.ClH/c1-2-22-12-4-3-5-19(22)20(24)23-13-10-17(11-14-23)15-16-6-8-18(21)9-7-16;/h6-9,15,19H,2-5,10-14H2,1H3;1H/t19-;/m0./s1. The lowest BCUT2D eigenvalue weighted by molar-refractivity contribution is -0.138. The number of likely N-dealkylation sites (tertiary alicyclic amines) is 2. The SMILES string of the molecule is CCN1CCCC[C@H]1C(=O)N1CCC(=Cc2ccc(F)cc2)CC1.Cl. The van der Waals surface area contributed by atoms with Crippen molar-refractivity contribution in [3.63, 3.8) is 0 Å². The molecule has 0 radical (unpaired) electrons. The van der Waals surface area contributed by atoms with Gasteiger partial charge in [0.2, 0.25) is 5.91 Å². The normalized spacial score (nSPS) is 21.6. The molecule has 1 amide bonds. The Kier molecular flexibility index (Phi) is 7.45. The first-order valence-corrected chi connectivity index (χ1v) is 9.15. The molecule has 0 aromatic heterocycles. The van der Waals surface area contributed by atoms with Crippen LogP contribution < -0.4 is 0 Å². The number of likely N-dealkylation sites (N-methyl/N-ethyl adjacent to an activating group) is 1. The summed E-state index contributed by atoms with van der Waals surface area (Å²) < 4.78 is 13.0. The topological polar surface area (TPSA) is 23.6 Å². The Morgan fingerprint density at radius 3 is 2.48 bits per heavy atom. The Balaban J connectivity index is 0.00000225. The minimum absolute atomic E-state index is 0. The average Bonchev–Trinajstić information content (AvgIpc) is 2.63. The fourth-order valence-electron chi connectivity index (χ4n) is 3.81. The number of halogens is 2. The fourth-order valence-corrected chi connectivity index (χ4v) is 3.81. The molecule has 0 bridgehead atoms. The lowest BCUT2D eigenvalue weighted by atomic mass is 9.97. The molecular formula is C20H28ClFN2O. The van der Waals surface area contributed by atoms with Crippen molar-refractivity contribution in [2.45, 2.75) is 45.1 Å². The molecule has 138 valence electrons. The summed E-state index contributed by atoms with van der Waals surface area (Å²) in [6.07, 6.45) is 7.35. The van der Waals surface area contributed by atoms with Gasteiger partial charge in [0.25, 0.3) is 0 Å². The summed E-state index contributed by atoms with van der Waals surface area (Å²) in [5, 5.41) is 0. The number of piperidine rings is 2. The summed E-state index contributed by atoms with van der Waals surface area (Å²) in [4.78, 5) is 17.2. The minimum atomic E-state index is -0.203. The molecule has 2 aliphatic heterocycles. The van der Waals surface area contributed by atoms with Crippen LogP contribution in [0.1, 0.15) is 44.6 Å². The summed E-state index contributed by atoms with van der Waals surface area (Å²) in [5.74, 6) is 0.114. The predicted octanol–water partition coefficient (Wildman–Crippen LogP) is 4.13.